The second-order valence-corrected chi connectivity index (χ2v) is 8.89. The molecule has 7 nitrogen and oxygen atoms in total. The topological polar surface area (TPSA) is 89.2 Å². The van der Waals surface area contributed by atoms with Crippen LogP contribution in [-0.2, 0) is 17.5 Å². The fraction of sp³-hybridized carbons (Fsp3) is 0.172. The van der Waals surface area contributed by atoms with Crippen molar-refractivity contribution in [1.82, 2.24) is 4.90 Å². The first-order chi connectivity index (χ1) is 18.6. The maximum atomic E-state index is 13.8. The molecule has 4 aromatic rings. The molecule has 1 atom stereocenters. The highest BCUT2D eigenvalue weighted by Crippen LogP contribution is 2.42. The monoisotopic (exact) mass is 537 g/mol. The Morgan fingerprint density at radius 3 is 2.46 bits per heavy atom. The zero-order valence-corrected chi connectivity index (χ0v) is 20.8. The maximum Gasteiger partial charge on any atom is 0.416 e. The summed E-state index contributed by atoms with van der Waals surface area (Å²) >= 11 is 0. The Morgan fingerprint density at radius 2 is 1.74 bits per heavy atom. The zero-order valence-electron chi connectivity index (χ0n) is 20.8. The highest BCUT2D eigenvalue weighted by Gasteiger charge is 2.45. The molecule has 10 heteroatoms. The predicted octanol–water partition coefficient (Wildman–Crippen LogP) is 6.25. The van der Waals surface area contributed by atoms with Crippen molar-refractivity contribution < 1.29 is 41.8 Å². The molecule has 1 unspecified atom stereocenters. The van der Waals surface area contributed by atoms with Crippen molar-refractivity contribution in [2.45, 2.75) is 18.8 Å². The third-order valence-electron chi connectivity index (χ3n) is 6.52. The van der Waals surface area contributed by atoms with Crippen molar-refractivity contribution in [3.63, 3.8) is 0 Å². The lowest BCUT2D eigenvalue weighted by molar-refractivity contribution is -0.137. The van der Waals surface area contributed by atoms with Crippen LogP contribution in [0.15, 0.2) is 88.5 Å². The smallest absolute Gasteiger partial charge is 0.416 e. The number of carbonyl (C=O) groups is 2. The van der Waals surface area contributed by atoms with Gasteiger partial charge in [-0.1, -0.05) is 36.4 Å². The molecule has 1 aliphatic rings. The molecule has 0 aliphatic carbocycles. The maximum absolute atomic E-state index is 13.8. The summed E-state index contributed by atoms with van der Waals surface area (Å²) in [5, 5.41) is 11.5. The second-order valence-electron chi connectivity index (χ2n) is 8.89. The Bertz CT molecular complexity index is 1620. The lowest BCUT2D eigenvalue weighted by Crippen LogP contribution is -2.30. The normalized spacial score (nSPS) is 15.8. The van der Waals surface area contributed by atoms with E-state index >= 15 is 0 Å². The summed E-state index contributed by atoms with van der Waals surface area (Å²) < 4.78 is 56.4. The van der Waals surface area contributed by atoms with Gasteiger partial charge < -0.3 is 23.9 Å². The number of hydrogen-bond donors (Lipinski definition) is 1. The minimum Gasteiger partial charge on any atom is -0.503 e. The van der Waals surface area contributed by atoms with Crippen molar-refractivity contribution in [1.29, 1.82) is 0 Å². The summed E-state index contributed by atoms with van der Waals surface area (Å²) in [6, 6.07) is 16.5. The van der Waals surface area contributed by atoms with Crippen LogP contribution in [0.5, 0.6) is 11.5 Å². The Kier molecular flexibility index (Phi) is 6.55. The van der Waals surface area contributed by atoms with E-state index in [0.29, 0.717) is 28.0 Å². The van der Waals surface area contributed by atoms with E-state index in [1.807, 2.05) is 0 Å². The average molecular weight is 537 g/mol. The number of benzene rings is 3. The van der Waals surface area contributed by atoms with Gasteiger partial charge in [-0.25, -0.2) is 0 Å². The third-order valence-corrected chi connectivity index (χ3v) is 6.52. The summed E-state index contributed by atoms with van der Waals surface area (Å²) in [4.78, 5) is 28.2. The Hall–Kier alpha value is -4.73. The second kappa shape index (κ2) is 9.86. The Balaban J connectivity index is 1.60. The number of nitrogens with zero attached hydrogens (tertiary/aromatic N) is 1. The molecule has 1 N–H and O–H groups in total. The number of ketones is 1. The molecule has 1 aliphatic heterocycles. The van der Waals surface area contributed by atoms with Gasteiger partial charge in [0, 0.05) is 11.9 Å². The number of methoxy groups -OCH3 is 2. The molecule has 200 valence electrons. The van der Waals surface area contributed by atoms with Gasteiger partial charge >= 0.3 is 6.18 Å². The van der Waals surface area contributed by atoms with Crippen LogP contribution in [0.25, 0.3) is 11.0 Å². The SMILES string of the molecule is COc1cccc(C2C(C(=O)c3cc4cccc(OC)c4o3)=C(O)C(=O)N2Cc2cccc(C(F)(F)F)c2)c1. The summed E-state index contributed by atoms with van der Waals surface area (Å²) in [6.07, 6.45) is -4.58. The van der Waals surface area contributed by atoms with Crippen LogP contribution in [0.2, 0.25) is 0 Å². The highest BCUT2D eigenvalue weighted by molar-refractivity contribution is 6.16. The van der Waals surface area contributed by atoms with E-state index in [1.165, 1.54) is 32.4 Å². The van der Waals surface area contributed by atoms with E-state index in [0.717, 1.165) is 17.0 Å². The van der Waals surface area contributed by atoms with Crippen LogP contribution >= 0.6 is 0 Å². The first kappa shape index (κ1) is 25.9. The quantitative estimate of drug-likeness (QED) is 0.281. The third kappa shape index (κ3) is 4.69. The molecule has 1 amide bonds. The number of para-hydroxylation sites is 1. The largest absolute Gasteiger partial charge is 0.503 e. The number of furan rings is 1. The van der Waals surface area contributed by atoms with E-state index in [9.17, 15) is 27.9 Å². The van der Waals surface area contributed by atoms with E-state index in [-0.39, 0.29) is 23.4 Å². The molecule has 5 rings (SSSR count). The fourth-order valence-electron chi connectivity index (χ4n) is 4.69. The summed E-state index contributed by atoms with van der Waals surface area (Å²) in [5.74, 6) is -1.80. The van der Waals surface area contributed by atoms with Crippen LogP contribution in [0.4, 0.5) is 13.2 Å². The zero-order chi connectivity index (χ0) is 27.9. The molecular formula is C29H22F3NO6. The summed E-state index contributed by atoms with van der Waals surface area (Å²) in [5.41, 5.74) is -0.254. The van der Waals surface area contributed by atoms with Gasteiger partial charge in [-0.2, -0.15) is 13.2 Å². The molecule has 2 heterocycles. The number of aliphatic hydroxyl groups is 1. The Labute approximate surface area is 220 Å². The van der Waals surface area contributed by atoms with Gasteiger partial charge in [0.05, 0.1) is 31.4 Å². The molecule has 39 heavy (non-hydrogen) atoms. The van der Waals surface area contributed by atoms with Crippen molar-refractivity contribution in [3.05, 3.63) is 107 Å². The van der Waals surface area contributed by atoms with Gasteiger partial charge in [0.1, 0.15) is 5.75 Å². The minimum absolute atomic E-state index is 0.141. The highest BCUT2D eigenvalue weighted by atomic mass is 19.4. The number of alkyl halides is 3. The first-order valence-corrected chi connectivity index (χ1v) is 11.8. The number of hydrogen-bond acceptors (Lipinski definition) is 6. The van der Waals surface area contributed by atoms with Crippen molar-refractivity contribution in [2.75, 3.05) is 14.2 Å². The van der Waals surface area contributed by atoms with Crippen LogP contribution in [-0.4, -0.2) is 35.9 Å². The molecule has 0 bridgehead atoms. The predicted molar refractivity (Wildman–Crippen MR) is 134 cm³/mol. The number of aliphatic hydroxyl groups excluding tert-OH is 1. The first-order valence-electron chi connectivity index (χ1n) is 11.8. The molecular weight excluding hydrogens is 515 g/mol. The molecule has 3 aromatic carbocycles. The van der Waals surface area contributed by atoms with Gasteiger partial charge in [-0.15, -0.1) is 0 Å². The Morgan fingerprint density at radius 1 is 1.00 bits per heavy atom. The van der Waals surface area contributed by atoms with E-state index in [4.69, 9.17) is 13.9 Å². The number of fused-ring (bicyclic) bond motifs is 1. The molecule has 0 radical (unpaired) electrons. The number of rotatable bonds is 7. The number of halogens is 3. The fourth-order valence-corrected chi connectivity index (χ4v) is 4.69. The van der Waals surface area contributed by atoms with Crippen LogP contribution in [0.3, 0.4) is 0 Å². The van der Waals surface area contributed by atoms with E-state index in [2.05, 4.69) is 0 Å². The number of carbonyl (C=O) groups excluding carboxylic acids is 2. The van der Waals surface area contributed by atoms with Gasteiger partial charge in [-0.3, -0.25) is 9.59 Å². The molecule has 0 spiro atoms. The summed E-state index contributed by atoms with van der Waals surface area (Å²) in [7, 11) is 2.90. The van der Waals surface area contributed by atoms with Gasteiger partial charge in [0.2, 0.25) is 5.78 Å². The van der Waals surface area contributed by atoms with Gasteiger partial charge in [0.15, 0.2) is 22.9 Å². The van der Waals surface area contributed by atoms with E-state index in [1.54, 1.807) is 42.5 Å². The minimum atomic E-state index is -4.58. The standard InChI is InChI=1S/C29H22F3NO6/c1-37-20-10-4-7-17(13-20)24-23(25(34)22-14-18-8-5-11-21(38-2)27(18)39-22)26(35)28(36)33(24)15-16-6-3-9-19(12-16)29(30,31)32/h3-14,24,35H,15H2,1-2H3. The molecule has 0 saturated heterocycles. The molecule has 0 fully saturated rings. The average Bonchev–Trinajstić information content (AvgIpc) is 3.47. The van der Waals surface area contributed by atoms with Crippen molar-refractivity contribution in [3.8, 4) is 11.5 Å². The molecule has 0 saturated carbocycles. The summed E-state index contributed by atoms with van der Waals surface area (Å²) in [6.45, 7) is -0.306. The lowest BCUT2D eigenvalue weighted by atomic mass is 9.94. The molecule has 1 aromatic heterocycles. The van der Waals surface area contributed by atoms with Crippen molar-refractivity contribution in [2.24, 2.45) is 0 Å². The number of ether oxygens (including phenoxy) is 2. The van der Waals surface area contributed by atoms with Crippen molar-refractivity contribution >= 4 is 22.7 Å². The van der Waals surface area contributed by atoms with Crippen LogP contribution in [0, 0.1) is 0 Å². The van der Waals surface area contributed by atoms with Gasteiger partial charge in [0.25, 0.3) is 5.91 Å². The van der Waals surface area contributed by atoms with E-state index < -0.39 is 35.2 Å². The number of Topliss-reactive ketones (excluding diaryl/α,β-unsaturated/α-hetero) is 1. The van der Waals surface area contributed by atoms with Crippen LogP contribution in [0.1, 0.15) is 33.3 Å². The number of amides is 1. The lowest BCUT2D eigenvalue weighted by Gasteiger charge is -2.27. The van der Waals surface area contributed by atoms with Gasteiger partial charge in [-0.05, 0) is 47.5 Å². The van der Waals surface area contributed by atoms with Crippen LogP contribution < -0.4 is 9.47 Å².